The Morgan fingerprint density at radius 1 is 0.788 bits per heavy atom. The zero-order valence-corrected chi connectivity index (χ0v) is 24.2. The summed E-state index contributed by atoms with van der Waals surface area (Å²) in [5, 5.41) is 12.3. The fourth-order valence-corrected chi connectivity index (χ4v) is 4.25. The Morgan fingerprint density at radius 2 is 1.30 bits per heavy atom. The van der Waals surface area contributed by atoms with Gasteiger partial charge in [-0.1, -0.05) is 95.4 Å². The first kappa shape index (κ1) is 30.6. The molecule has 2 rings (SSSR count). The molecule has 2 aromatic rings. The van der Waals surface area contributed by atoms with Gasteiger partial charge in [0.05, 0.1) is 4.90 Å². The van der Waals surface area contributed by atoms with Crippen LogP contribution in [0.1, 0.15) is 89.5 Å². The van der Waals surface area contributed by atoms with E-state index < -0.39 is 10.1 Å². The van der Waals surface area contributed by atoms with Gasteiger partial charge in [0, 0.05) is 0 Å². The molecule has 0 heterocycles. The number of benzene rings is 2. The molecule has 0 saturated carbocycles. The molecule has 0 amide bonds. The summed E-state index contributed by atoms with van der Waals surface area (Å²) >= 11 is 0. The van der Waals surface area contributed by atoms with E-state index in [4.69, 9.17) is 9.29 Å². The first-order chi connectivity index (χ1) is 15.4. The summed E-state index contributed by atoms with van der Waals surface area (Å²) in [6, 6.07) is 10.5. The zero-order chi connectivity index (χ0) is 23.2. The van der Waals surface area contributed by atoms with Crippen LogP contribution in [0.3, 0.4) is 0 Å². The predicted molar refractivity (Wildman–Crippen MR) is 127 cm³/mol. The van der Waals surface area contributed by atoms with E-state index in [2.05, 4.69) is 6.92 Å². The number of aryl methyl sites for hydroxylation is 1. The van der Waals surface area contributed by atoms with E-state index in [-0.39, 0.29) is 67.8 Å². The first-order valence-corrected chi connectivity index (χ1v) is 13.4. The predicted octanol–water partition coefficient (Wildman–Crippen LogP) is 4.05. The molecule has 2 aromatic carbocycles. The smallest absolute Gasteiger partial charge is 0.870 e. The van der Waals surface area contributed by atoms with E-state index in [0.717, 1.165) is 18.4 Å². The molecule has 0 aliphatic carbocycles. The van der Waals surface area contributed by atoms with Crippen molar-refractivity contribution in [2.45, 2.75) is 95.3 Å². The van der Waals surface area contributed by atoms with Crippen LogP contribution >= 0.6 is 0 Å². The second-order valence-electron chi connectivity index (χ2n) is 8.47. The van der Waals surface area contributed by atoms with Gasteiger partial charge in [-0.15, -0.1) is 0 Å². The van der Waals surface area contributed by atoms with E-state index in [9.17, 15) is 13.5 Å². The van der Waals surface area contributed by atoms with Crippen LogP contribution in [0.2, 0.25) is 0 Å². The van der Waals surface area contributed by atoms with Crippen molar-refractivity contribution in [1.82, 2.24) is 0 Å². The van der Waals surface area contributed by atoms with Crippen LogP contribution in [0, 0.1) is 0 Å². The monoisotopic (exact) mass is 500 g/mol. The molecule has 178 valence electrons. The van der Waals surface area contributed by atoms with E-state index in [1.807, 2.05) is 6.07 Å². The van der Waals surface area contributed by atoms with Gasteiger partial charge in [0.2, 0.25) is 0 Å². The van der Waals surface area contributed by atoms with Gasteiger partial charge in [-0.25, -0.2) is 0 Å². The van der Waals surface area contributed by atoms with Crippen molar-refractivity contribution in [2.24, 2.45) is 0 Å². The average Bonchev–Trinajstić information content (AvgIpc) is 2.76. The molecule has 0 unspecified atom stereocenters. The molecule has 5 nitrogen and oxygen atoms in total. The number of rotatable bonds is 16. The second kappa shape index (κ2) is 17.1. The molecule has 1 N–H and O–H groups in total. The summed E-state index contributed by atoms with van der Waals surface area (Å²) in [6.45, 7) is 2.25. The van der Waals surface area contributed by atoms with Gasteiger partial charge >= 0.3 is 51.4 Å². The second-order valence-corrected chi connectivity index (χ2v) is 9.89. The van der Waals surface area contributed by atoms with Crippen molar-refractivity contribution in [3.8, 4) is 17.2 Å². The van der Waals surface area contributed by atoms with E-state index in [1.165, 1.54) is 94.9 Å². The summed E-state index contributed by atoms with van der Waals surface area (Å²) in [6.07, 6.45) is 16.6. The summed E-state index contributed by atoms with van der Waals surface area (Å²) in [5.41, 5.74) is 1.01. The fraction of sp³-hybridized carbons (Fsp3) is 0.538. The molecular formula is C26H37KO5S. The van der Waals surface area contributed by atoms with E-state index in [1.54, 1.807) is 12.1 Å². The maximum absolute atomic E-state index is 12.3. The van der Waals surface area contributed by atoms with Crippen molar-refractivity contribution in [2.75, 3.05) is 0 Å². The van der Waals surface area contributed by atoms with Crippen LogP contribution in [0.15, 0.2) is 47.4 Å². The molecule has 0 fully saturated rings. The summed E-state index contributed by atoms with van der Waals surface area (Å²) in [4.78, 5) is -0.218. The third-order valence-electron chi connectivity index (χ3n) is 5.68. The van der Waals surface area contributed by atoms with Crippen LogP contribution in [0.5, 0.6) is 17.2 Å². The Bertz CT molecular complexity index is 897. The van der Waals surface area contributed by atoms with Crippen LogP contribution in [-0.4, -0.2) is 13.0 Å². The third-order valence-corrected chi connectivity index (χ3v) is 6.54. The van der Waals surface area contributed by atoms with E-state index in [0.29, 0.717) is 5.75 Å². The molecule has 0 saturated heterocycles. The minimum atomic E-state index is -4.25. The molecule has 0 spiro atoms. The Labute approximate surface area is 242 Å². The fourth-order valence-electron chi connectivity index (χ4n) is 3.77. The van der Waals surface area contributed by atoms with Crippen molar-refractivity contribution < 1.29 is 74.2 Å². The standard InChI is InChI=1S/C26H38O5S.K/c1-2-3-4-5-6-7-8-9-10-11-12-13-14-22-15-20-26(25(27)21-22)31-23-16-18-24(19-17-23)32(28,29)30;/h15-21,27H,2-14H2,1H3,(H,28,29,30);/q;+1/p-1. The summed E-state index contributed by atoms with van der Waals surface area (Å²) in [7, 11) is -4.25. The SMILES string of the molecule is CCCCCCCCCCCCCCc1ccc(Oc2ccc(S(=O)(=O)O)cc2)c([O-])c1.[K+]. The number of hydrogen-bond donors (Lipinski definition) is 1. The van der Waals surface area contributed by atoms with Gasteiger partial charge in [0.1, 0.15) is 11.5 Å². The van der Waals surface area contributed by atoms with Gasteiger partial charge in [0.15, 0.2) is 0 Å². The first-order valence-electron chi connectivity index (χ1n) is 12.0. The largest absolute Gasteiger partial charge is 1.00 e. The molecule has 0 radical (unpaired) electrons. The minimum absolute atomic E-state index is 0. The number of hydrogen-bond acceptors (Lipinski definition) is 4. The minimum Gasteiger partial charge on any atom is -0.870 e. The molecule has 7 heteroatoms. The van der Waals surface area contributed by atoms with Gasteiger partial charge in [-0.05, 0) is 48.7 Å². The molecule has 33 heavy (non-hydrogen) atoms. The van der Waals surface area contributed by atoms with Gasteiger partial charge in [-0.3, -0.25) is 4.55 Å². The van der Waals surface area contributed by atoms with Crippen LogP contribution in [0.25, 0.3) is 0 Å². The van der Waals surface area contributed by atoms with Gasteiger partial charge < -0.3 is 9.84 Å². The maximum atomic E-state index is 12.3. The average molecular weight is 501 g/mol. The summed E-state index contributed by atoms with van der Waals surface area (Å²) in [5.74, 6) is 0.339. The molecule has 0 aliphatic rings. The van der Waals surface area contributed by atoms with Gasteiger partial charge in [0.25, 0.3) is 10.1 Å². The quantitative estimate of drug-likeness (QED) is 0.213. The number of unbranched alkanes of at least 4 members (excludes halogenated alkanes) is 11. The zero-order valence-electron chi connectivity index (χ0n) is 20.2. The Balaban J connectivity index is 0.00000544. The van der Waals surface area contributed by atoms with Crippen LogP contribution in [-0.2, 0) is 16.5 Å². The van der Waals surface area contributed by atoms with Crippen molar-refractivity contribution in [1.29, 1.82) is 0 Å². The molecule has 0 aromatic heterocycles. The molecule has 0 atom stereocenters. The van der Waals surface area contributed by atoms with Crippen LogP contribution < -0.4 is 61.2 Å². The Hall–Kier alpha value is -0.414. The topological polar surface area (TPSA) is 86.7 Å². The van der Waals surface area contributed by atoms with Crippen molar-refractivity contribution in [3.63, 3.8) is 0 Å². The molecular weight excluding hydrogens is 463 g/mol. The normalized spacial score (nSPS) is 11.2. The Morgan fingerprint density at radius 3 is 1.79 bits per heavy atom. The number of ether oxygens (including phenoxy) is 1. The van der Waals surface area contributed by atoms with Crippen molar-refractivity contribution >= 4 is 10.1 Å². The third kappa shape index (κ3) is 12.7. The van der Waals surface area contributed by atoms with Crippen molar-refractivity contribution in [3.05, 3.63) is 48.0 Å². The molecule has 0 bridgehead atoms. The van der Waals surface area contributed by atoms with E-state index >= 15 is 0 Å². The van der Waals surface area contributed by atoms with Gasteiger partial charge in [-0.2, -0.15) is 8.42 Å². The maximum Gasteiger partial charge on any atom is 1.00 e. The summed E-state index contributed by atoms with van der Waals surface area (Å²) < 4.78 is 36.7. The Kier molecular flexibility index (Phi) is 15.9. The molecule has 0 aliphatic heterocycles. The van der Waals surface area contributed by atoms with Crippen LogP contribution in [0.4, 0.5) is 0 Å².